The van der Waals surface area contributed by atoms with Crippen molar-refractivity contribution in [3.63, 3.8) is 0 Å². The van der Waals surface area contributed by atoms with Crippen LogP contribution in [0, 0.1) is 5.92 Å². The summed E-state index contributed by atoms with van der Waals surface area (Å²) in [5.74, 6) is 0.688. The molecule has 2 unspecified atom stereocenters. The van der Waals surface area contributed by atoms with Gasteiger partial charge in [0.15, 0.2) is 11.5 Å². The highest BCUT2D eigenvalue weighted by atomic mass is 16.6. The van der Waals surface area contributed by atoms with Crippen LogP contribution in [0.4, 0.5) is 4.79 Å². The van der Waals surface area contributed by atoms with Crippen molar-refractivity contribution < 1.29 is 33.3 Å². The highest BCUT2D eigenvalue weighted by Crippen LogP contribution is 2.64. The number of benzene rings is 1. The number of likely N-dealkylation sites (N-methyl/N-ethyl adjacent to an activating group) is 1. The average molecular weight is 473 g/mol. The molecule has 0 radical (unpaired) electrons. The monoisotopic (exact) mass is 472 g/mol. The fraction of sp³-hybridized carbons (Fsp3) is 0.640. The minimum Gasteiger partial charge on any atom is -0.481 e. The molecule has 1 amide bonds. The van der Waals surface area contributed by atoms with Crippen LogP contribution < -0.4 is 14.8 Å². The molecule has 184 valence electrons. The zero-order chi connectivity index (χ0) is 24.0. The molecule has 9 nitrogen and oxygen atoms in total. The minimum absolute atomic E-state index is 0.0914. The Kier molecular flexibility index (Phi) is 5.91. The second-order valence-corrected chi connectivity index (χ2v) is 9.71. The first-order chi connectivity index (χ1) is 16.3. The van der Waals surface area contributed by atoms with Gasteiger partial charge in [0.1, 0.15) is 12.2 Å². The number of nitrogens with zero attached hydrogens (tertiary/aromatic N) is 1. The van der Waals surface area contributed by atoms with Crippen molar-refractivity contribution in [2.45, 2.75) is 69.6 Å². The summed E-state index contributed by atoms with van der Waals surface area (Å²) in [7, 11) is 2.18. The number of ether oxygens (including phenoxy) is 4. The van der Waals surface area contributed by atoms with Gasteiger partial charge in [0, 0.05) is 30.5 Å². The zero-order valence-electron chi connectivity index (χ0n) is 19.9. The molecule has 1 N–H and O–H groups in total. The third-order valence-corrected chi connectivity index (χ3v) is 7.94. The molecule has 1 saturated carbocycles. The standard InChI is InChI=1S/C25H32N2O7/c1-4-31-20(29)9-11-26-24(30)33-19-8-6-16-17-13-15-5-7-18(32-14(2)28)22-21(15)25(16,23(19)34-22)10-12-27(17)3/h5,7,16-17,19,23H,4,6,8-13H2,1-3H3,(H,26,30)/t16-,17+,19?,23?,25-/m0/s1. The number of carbonyl (C=O) groups excluding carboxylic acids is 3. The van der Waals surface area contributed by atoms with Crippen LogP contribution in [0.3, 0.4) is 0 Å². The Hall–Kier alpha value is -2.81. The largest absolute Gasteiger partial charge is 0.481 e. The van der Waals surface area contributed by atoms with Crippen LogP contribution in [0.5, 0.6) is 11.5 Å². The van der Waals surface area contributed by atoms with Gasteiger partial charge in [-0.3, -0.25) is 9.59 Å². The lowest BCUT2D eigenvalue weighted by molar-refractivity contribution is -0.143. The van der Waals surface area contributed by atoms with Crippen LogP contribution in [0.25, 0.3) is 0 Å². The van der Waals surface area contributed by atoms with E-state index in [1.807, 2.05) is 6.07 Å². The zero-order valence-corrected chi connectivity index (χ0v) is 19.9. The molecule has 1 aromatic carbocycles. The Morgan fingerprint density at radius 2 is 2.09 bits per heavy atom. The van der Waals surface area contributed by atoms with Crippen LogP contribution in [0.2, 0.25) is 0 Å². The Morgan fingerprint density at radius 3 is 2.85 bits per heavy atom. The van der Waals surface area contributed by atoms with Gasteiger partial charge in [0.2, 0.25) is 0 Å². The number of alkyl carbamates (subject to hydrolysis) is 1. The van der Waals surface area contributed by atoms with Gasteiger partial charge in [-0.25, -0.2) is 4.79 Å². The number of hydrogen-bond acceptors (Lipinski definition) is 8. The van der Waals surface area contributed by atoms with E-state index < -0.39 is 18.2 Å². The lowest BCUT2D eigenvalue weighted by Gasteiger charge is -2.58. The first kappa shape index (κ1) is 23.0. The van der Waals surface area contributed by atoms with Gasteiger partial charge < -0.3 is 29.2 Å². The first-order valence-electron chi connectivity index (χ1n) is 12.2. The molecule has 1 spiro atoms. The summed E-state index contributed by atoms with van der Waals surface area (Å²) in [4.78, 5) is 38.3. The number of amides is 1. The molecular formula is C25H32N2O7. The summed E-state index contributed by atoms with van der Waals surface area (Å²) in [6.45, 7) is 4.51. The summed E-state index contributed by atoms with van der Waals surface area (Å²) in [5.41, 5.74) is 2.09. The number of likely N-dealkylation sites (tertiary alicyclic amines) is 1. The minimum atomic E-state index is -0.565. The Morgan fingerprint density at radius 1 is 1.26 bits per heavy atom. The Bertz CT molecular complexity index is 1010. The van der Waals surface area contributed by atoms with E-state index in [1.54, 1.807) is 6.92 Å². The average Bonchev–Trinajstić information content (AvgIpc) is 3.14. The third kappa shape index (κ3) is 3.61. The van der Waals surface area contributed by atoms with Crippen molar-refractivity contribution in [2.24, 2.45) is 5.92 Å². The molecule has 2 heterocycles. The normalized spacial score (nSPS) is 30.6. The number of rotatable bonds is 6. The second-order valence-electron chi connectivity index (χ2n) is 9.71. The van der Waals surface area contributed by atoms with E-state index in [2.05, 4.69) is 23.3 Å². The van der Waals surface area contributed by atoms with Crippen LogP contribution in [0.15, 0.2) is 12.1 Å². The van der Waals surface area contributed by atoms with E-state index in [9.17, 15) is 14.4 Å². The molecule has 4 aliphatic rings. The molecule has 2 fully saturated rings. The van der Waals surface area contributed by atoms with Crippen LogP contribution in [-0.2, 0) is 30.9 Å². The van der Waals surface area contributed by atoms with Crippen molar-refractivity contribution in [2.75, 3.05) is 26.7 Å². The molecule has 2 aliphatic heterocycles. The smallest absolute Gasteiger partial charge is 0.407 e. The fourth-order valence-corrected chi connectivity index (χ4v) is 6.71. The molecule has 5 atom stereocenters. The van der Waals surface area contributed by atoms with Crippen molar-refractivity contribution in [3.8, 4) is 11.5 Å². The number of piperidine rings is 1. The van der Waals surface area contributed by atoms with Gasteiger partial charge >= 0.3 is 18.0 Å². The Labute approximate surface area is 199 Å². The van der Waals surface area contributed by atoms with E-state index in [1.165, 1.54) is 12.5 Å². The SMILES string of the molecule is CCOC(=O)CCNC(=O)OC1CC[C@H]2[C@H]3Cc4ccc(OC(C)=O)c5c4[C@@]2(CCN3C)C1O5. The van der Waals surface area contributed by atoms with E-state index in [-0.39, 0.29) is 30.5 Å². The molecule has 5 rings (SSSR count). The molecule has 1 aromatic rings. The fourth-order valence-electron chi connectivity index (χ4n) is 6.71. The highest BCUT2D eigenvalue weighted by Gasteiger charge is 2.66. The number of hydrogen-bond donors (Lipinski definition) is 1. The van der Waals surface area contributed by atoms with Crippen molar-refractivity contribution in [3.05, 3.63) is 23.3 Å². The number of esters is 2. The van der Waals surface area contributed by atoms with Gasteiger partial charge in [-0.1, -0.05) is 6.07 Å². The van der Waals surface area contributed by atoms with Crippen LogP contribution in [-0.4, -0.2) is 67.9 Å². The highest BCUT2D eigenvalue weighted by molar-refractivity contribution is 5.73. The molecular weight excluding hydrogens is 440 g/mol. The van der Waals surface area contributed by atoms with Crippen molar-refractivity contribution >= 4 is 18.0 Å². The third-order valence-electron chi connectivity index (χ3n) is 7.94. The van der Waals surface area contributed by atoms with E-state index in [4.69, 9.17) is 18.9 Å². The molecule has 2 aliphatic carbocycles. The molecule has 34 heavy (non-hydrogen) atoms. The number of carbonyl (C=O) groups is 3. The number of nitrogens with one attached hydrogen (secondary N) is 1. The van der Waals surface area contributed by atoms with Crippen LogP contribution in [0.1, 0.15) is 50.7 Å². The van der Waals surface area contributed by atoms with E-state index in [0.717, 1.165) is 31.4 Å². The van der Waals surface area contributed by atoms with Gasteiger partial charge in [-0.05, 0) is 63.7 Å². The lowest BCUT2D eigenvalue weighted by atomic mass is 9.51. The molecule has 1 saturated heterocycles. The van der Waals surface area contributed by atoms with Gasteiger partial charge in [-0.15, -0.1) is 0 Å². The molecule has 2 bridgehead atoms. The summed E-state index contributed by atoms with van der Waals surface area (Å²) in [6, 6.07) is 4.27. The van der Waals surface area contributed by atoms with E-state index in [0.29, 0.717) is 36.5 Å². The maximum atomic E-state index is 12.6. The summed E-state index contributed by atoms with van der Waals surface area (Å²) in [6.07, 6.45) is 2.18. The Balaban J connectivity index is 1.41. The lowest BCUT2D eigenvalue weighted by Crippen LogP contribution is -2.66. The topological polar surface area (TPSA) is 103 Å². The summed E-state index contributed by atoms with van der Waals surface area (Å²) < 4.78 is 22.8. The maximum Gasteiger partial charge on any atom is 0.407 e. The van der Waals surface area contributed by atoms with Gasteiger partial charge in [0.25, 0.3) is 0 Å². The van der Waals surface area contributed by atoms with Crippen molar-refractivity contribution in [1.82, 2.24) is 10.2 Å². The van der Waals surface area contributed by atoms with Crippen molar-refractivity contribution in [1.29, 1.82) is 0 Å². The molecule has 9 heteroatoms. The predicted molar refractivity (Wildman–Crippen MR) is 121 cm³/mol. The van der Waals surface area contributed by atoms with Gasteiger partial charge in [-0.2, -0.15) is 0 Å². The van der Waals surface area contributed by atoms with E-state index >= 15 is 0 Å². The predicted octanol–water partition coefficient (Wildman–Crippen LogP) is 2.33. The first-order valence-corrected chi connectivity index (χ1v) is 12.2. The quantitative estimate of drug-likeness (QED) is 0.497. The second kappa shape index (κ2) is 8.76. The van der Waals surface area contributed by atoms with Gasteiger partial charge in [0.05, 0.1) is 13.0 Å². The van der Waals surface area contributed by atoms with Crippen LogP contribution >= 0.6 is 0 Å². The summed E-state index contributed by atoms with van der Waals surface area (Å²) in [5, 5.41) is 2.66. The summed E-state index contributed by atoms with van der Waals surface area (Å²) >= 11 is 0. The molecule has 0 aromatic heterocycles. The maximum absolute atomic E-state index is 12.6.